The van der Waals surface area contributed by atoms with Crippen LogP contribution in [0.1, 0.15) is 5.56 Å². The Balaban J connectivity index is 2.28. The molecule has 0 heterocycles. The van der Waals surface area contributed by atoms with E-state index in [9.17, 15) is 0 Å². The van der Waals surface area contributed by atoms with Crippen molar-refractivity contribution in [1.29, 1.82) is 0 Å². The molecule has 1 aromatic carbocycles. The lowest BCUT2D eigenvalue weighted by atomic mass is 10.2. The second kappa shape index (κ2) is 6.77. The fraction of sp³-hybridized carbons (Fsp3) is 0.333. The molecular weight excluding hydrogens is 254 g/mol. The maximum absolute atomic E-state index is 5.53. The zero-order valence-electron chi connectivity index (χ0n) is 8.92. The average Bonchev–Trinajstić information content (AvgIpc) is 2.18. The number of halogens is 1. The number of rotatable bonds is 6. The van der Waals surface area contributed by atoms with Gasteiger partial charge in [-0.3, -0.25) is 0 Å². The maximum atomic E-state index is 5.53. The monoisotopic (exact) mass is 269 g/mol. The lowest BCUT2D eigenvalue weighted by molar-refractivity contribution is 0.141. The first-order valence-corrected chi connectivity index (χ1v) is 5.65. The van der Waals surface area contributed by atoms with Crippen LogP contribution in [0.2, 0.25) is 0 Å². The Morgan fingerprint density at radius 2 is 2.33 bits per heavy atom. The summed E-state index contributed by atoms with van der Waals surface area (Å²) < 4.78 is 6.61. The third-order valence-corrected chi connectivity index (χ3v) is 2.38. The highest BCUT2D eigenvalue weighted by Gasteiger charge is 1.96. The molecule has 0 saturated heterocycles. The molecule has 0 radical (unpaired) electrons. The molecule has 0 aliphatic rings. The lowest BCUT2D eigenvalue weighted by Crippen LogP contribution is -2.13. The summed E-state index contributed by atoms with van der Waals surface area (Å²) in [7, 11) is 1.90. The predicted octanol–water partition coefficient (Wildman–Crippen LogP) is 2.74. The average molecular weight is 270 g/mol. The molecule has 0 unspecified atom stereocenters. The Bertz CT molecular complexity index is 325. The molecular formula is C12H16BrNO. The van der Waals surface area contributed by atoms with Crippen molar-refractivity contribution < 1.29 is 4.74 Å². The van der Waals surface area contributed by atoms with E-state index in [0.29, 0.717) is 13.2 Å². The van der Waals surface area contributed by atoms with E-state index >= 15 is 0 Å². The molecule has 0 aromatic heterocycles. The minimum atomic E-state index is 0.605. The van der Waals surface area contributed by atoms with Crippen LogP contribution >= 0.6 is 15.9 Å². The highest BCUT2D eigenvalue weighted by molar-refractivity contribution is 9.10. The van der Waals surface area contributed by atoms with E-state index in [1.165, 1.54) is 5.56 Å². The van der Waals surface area contributed by atoms with Gasteiger partial charge in [0, 0.05) is 11.0 Å². The van der Waals surface area contributed by atoms with Gasteiger partial charge in [0.15, 0.2) is 0 Å². The van der Waals surface area contributed by atoms with Gasteiger partial charge >= 0.3 is 0 Å². The van der Waals surface area contributed by atoms with Gasteiger partial charge in [-0.15, -0.1) is 0 Å². The molecule has 0 aliphatic heterocycles. The zero-order valence-corrected chi connectivity index (χ0v) is 10.5. The van der Waals surface area contributed by atoms with Gasteiger partial charge in [0.25, 0.3) is 0 Å². The summed E-state index contributed by atoms with van der Waals surface area (Å²) in [6.45, 7) is 5.93. The van der Waals surface area contributed by atoms with Crippen LogP contribution < -0.4 is 5.32 Å². The third kappa shape index (κ3) is 5.11. The van der Waals surface area contributed by atoms with Crippen LogP contribution in [0.4, 0.5) is 0 Å². The number of benzene rings is 1. The Morgan fingerprint density at radius 1 is 1.53 bits per heavy atom. The van der Waals surface area contributed by atoms with Crippen molar-refractivity contribution in [2.45, 2.75) is 6.61 Å². The maximum Gasteiger partial charge on any atom is 0.0721 e. The van der Waals surface area contributed by atoms with Gasteiger partial charge < -0.3 is 10.1 Å². The molecule has 0 atom stereocenters. The lowest BCUT2D eigenvalue weighted by Gasteiger charge is -2.06. The van der Waals surface area contributed by atoms with Crippen LogP contribution in [-0.4, -0.2) is 20.2 Å². The number of ether oxygens (including phenoxy) is 1. The Kier molecular flexibility index (Phi) is 5.61. The summed E-state index contributed by atoms with van der Waals surface area (Å²) in [4.78, 5) is 0. The molecule has 1 rings (SSSR count). The Morgan fingerprint density at radius 3 is 3.00 bits per heavy atom. The summed E-state index contributed by atoms with van der Waals surface area (Å²) in [6, 6.07) is 8.11. The predicted molar refractivity (Wildman–Crippen MR) is 66.9 cm³/mol. The van der Waals surface area contributed by atoms with E-state index in [1.54, 1.807) is 0 Å². The second-order valence-corrected chi connectivity index (χ2v) is 4.32. The van der Waals surface area contributed by atoms with Crippen LogP contribution in [0.5, 0.6) is 0 Å². The van der Waals surface area contributed by atoms with Crippen LogP contribution in [0.3, 0.4) is 0 Å². The van der Waals surface area contributed by atoms with Crippen LogP contribution in [0.15, 0.2) is 40.9 Å². The number of nitrogens with one attached hydrogen (secondary N) is 1. The summed E-state index contributed by atoms with van der Waals surface area (Å²) >= 11 is 3.42. The minimum absolute atomic E-state index is 0.605. The van der Waals surface area contributed by atoms with Gasteiger partial charge in [0.05, 0.1) is 13.2 Å². The van der Waals surface area contributed by atoms with E-state index in [-0.39, 0.29) is 0 Å². The highest BCUT2D eigenvalue weighted by Crippen LogP contribution is 2.12. The fourth-order valence-electron chi connectivity index (χ4n) is 1.24. The number of hydrogen-bond acceptors (Lipinski definition) is 2. The molecule has 3 heteroatoms. The van der Waals surface area contributed by atoms with E-state index in [2.05, 4.69) is 33.9 Å². The Hall–Kier alpha value is -0.640. The van der Waals surface area contributed by atoms with Gasteiger partial charge in [0.2, 0.25) is 0 Å². The minimum Gasteiger partial charge on any atom is -0.372 e. The van der Waals surface area contributed by atoms with Gasteiger partial charge in [0.1, 0.15) is 0 Å². The van der Waals surface area contributed by atoms with Crippen LogP contribution in [-0.2, 0) is 11.3 Å². The first kappa shape index (κ1) is 12.4. The van der Waals surface area contributed by atoms with Crippen molar-refractivity contribution in [2.75, 3.05) is 20.2 Å². The number of hydrogen-bond donors (Lipinski definition) is 1. The smallest absolute Gasteiger partial charge is 0.0721 e. The van der Waals surface area contributed by atoms with E-state index < -0.39 is 0 Å². The summed E-state index contributed by atoms with van der Waals surface area (Å²) in [5.41, 5.74) is 2.23. The van der Waals surface area contributed by atoms with Crippen molar-refractivity contribution in [2.24, 2.45) is 0 Å². The molecule has 0 bridgehead atoms. The molecule has 0 amide bonds. The van der Waals surface area contributed by atoms with E-state index in [4.69, 9.17) is 4.74 Å². The first-order chi connectivity index (χ1) is 7.22. The summed E-state index contributed by atoms with van der Waals surface area (Å²) in [5, 5.41) is 3.04. The molecule has 82 valence electrons. The van der Waals surface area contributed by atoms with Gasteiger partial charge in [-0.25, -0.2) is 0 Å². The number of likely N-dealkylation sites (N-methyl/N-ethyl adjacent to an activating group) is 1. The summed E-state index contributed by atoms with van der Waals surface area (Å²) in [5.74, 6) is 0. The first-order valence-electron chi connectivity index (χ1n) is 4.86. The van der Waals surface area contributed by atoms with E-state index in [1.807, 2.05) is 25.2 Å². The fourth-order valence-corrected chi connectivity index (χ4v) is 1.69. The molecule has 0 saturated carbocycles. The molecule has 2 nitrogen and oxygen atoms in total. The van der Waals surface area contributed by atoms with Crippen molar-refractivity contribution in [3.63, 3.8) is 0 Å². The van der Waals surface area contributed by atoms with E-state index in [0.717, 1.165) is 16.6 Å². The molecule has 1 aromatic rings. The standard InChI is InChI=1S/C12H16BrNO/c1-10(7-14-2)8-15-9-11-4-3-5-12(13)6-11/h3-6,14H,1,7-9H2,2H3. The van der Waals surface area contributed by atoms with Crippen molar-refractivity contribution in [1.82, 2.24) is 5.32 Å². The second-order valence-electron chi connectivity index (χ2n) is 3.40. The topological polar surface area (TPSA) is 21.3 Å². The van der Waals surface area contributed by atoms with Gasteiger partial charge in [-0.1, -0.05) is 34.6 Å². The highest BCUT2D eigenvalue weighted by atomic mass is 79.9. The SMILES string of the molecule is C=C(CNC)COCc1cccc(Br)c1. The van der Waals surface area contributed by atoms with Gasteiger partial charge in [-0.2, -0.15) is 0 Å². The Labute approximate surface area is 99.5 Å². The normalized spacial score (nSPS) is 10.3. The molecule has 0 spiro atoms. The molecule has 15 heavy (non-hydrogen) atoms. The van der Waals surface area contributed by atoms with Crippen molar-refractivity contribution in [3.8, 4) is 0 Å². The zero-order chi connectivity index (χ0) is 11.1. The van der Waals surface area contributed by atoms with Crippen LogP contribution in [0, 0.1) is 0 Å². The molecule has 0 fully saturated rings. The molecule has 0 aliphatic carbocycles. The van der Waals surface area contributed by atoms with Crippen molar-refractivity contribution in [3.05, 3.63) is 46.5 Å². The van der Waals surface area contributed by atoms with Crippen LogP contribution in [0.25, 0.3) is 0 Å². The van der Waals surface area contributed by atoms with Gasteiger partial charge in [-0.05, 0) is 30.3 Å². The quantitative estimate of drug-likeness (QED) is 0.802. The molecule has 1 N–H and O–H groups in total. The third-order valence-electron chi connectivity index (χ3n) is 1.89. The largest absolute Gasteiger partial charge is 0.372 e. The van der Waals surface area contributed by atoms with Crippen molar-refractivity contribution >= 4 is 15.9 Å². The summed E-state index contributed by atoms with van der Waals surface area (Å²) in [6.07, 6.45) is 0.